The van der Waals surface area contributed by atoms with Crippen LogP contribution in [0.5, 0.6) is 0 Å². The van der Waals surface area contributed by atoms with E-state index in [9.17, 15) is 8.42 Å². The molecular weight excluding hydrogens is 310 g/mol. The molecule has 1 aliphatic carbocycles. The van der Waals surface area contributed by atoms with E-state index in [0.717, 1.165) is 25.7 Å². The average molecular weight is 330 g/mol. The van der Waals surface area contributed by atoms with Crippen LogP contribution in [-0.4, -0.2) is 30.3 Å². The lowest BCUT2D eigenvalue weighted by molar-refractivity contribution is 0.288. The third kappa shape index (κ3) is 2.76. The fourth-order valence-electron chi connectivity index (χ4n) is 3.58. The predicted octanol–water partition coefficient (Wildman–Crippen LogP) is 2.66. The normalized spacial score (nSPS) is 24.7. The Morgan fingerprint density at radius 1 is 1.24 bits per heavy atom. The molecule has 0 amide bonds. The number of anilines is 1. The highest BCUT2D eigenvalue weighted by Gasteiger charge is 2.40. The van der Waals surface area contributed by atoms with Crippen LogP contribution in [0.1, 0.15) is 38.5 Å². The maximum Gasteiger partial charge on any atom is 0.244 e. The summed E-state index contributed by atoms with van der Waals surface area (Å²) in [5.41, 5.74) is 5.56. The standard InChI is InChI=1S/C14H20ClN3O2S/c15-12-8-11(9-17-14(12)16)21(19,20)18-7-3-6-13(18)10-4-1-2-5-10/h8-10,13H,1-7H2,(H2,16,17). The molecule has 1 saturated carbocycles. The summed E-state index contributed by atoms with van der Waals surface area (Å²) in [5.74, 6) is 0.656. The van der Waals surface area contributed by atoms with E-state index in [0.29, 0.717) is 12.5 Å². The van der Waals surface area contributed by atoms with Crippen molar-refractivity contribution in [2.24, 2.45) is 5.92 Å². The van der Waals surface area contributed by atoms with Gasteiger partial charge in [-0.15, -0.1) is 0 Å². The summed E-state index contributed by atoms with van der Waals surface area (Å²) in [6, 6.07) is 1.54. The number of nitrogen functional groups attached to an aromatic ring is 1. The van der Waals surface area contributed by atoms with E-state index in [4.69, 9.17) is 17.3 Å². The van der Waals surface area contributed by atoms with Crippen molar-refractivity contribution in [3.63, 3.8) is 0 Å². The van der Waals surface area contributed by atoms with Gasteiger partial charge in [-0.05, 0) is 37.7 Å². The molecule has 1 unspecified atom stereocenters. The molecule has 2 fully saturated rings. The Kier molecular flexibility index (Phi) is 4.12. The van der Waals surface area contributed by atoms with Gasteiger partial charge in [0.1, 0.15) is 10.7 Å². The zero-order chi connectivity index (χ0) is 15.0. The third-order valence-electron chi connectivity index (χ3n) is 4.64. The van der Waals surface area contributed by atoms with Crippen LogP contribution >= 0.6 is 11.6 Å². The van der Waals surface area contributed by atoms with E-state index >= 15 is 0 Å². The predicted molar refractivity (Wildman–Crippen MR) is 82.5 cm³/mol. The molecule has 0 spiro atoms. The van der Waals surface area contributed by atoms with Gasteiger partial charge < -0.3 is 5.73 Å². The first-order valence-corrected chi connectivity index (χ1v) is 9.25. The Bertz CT molecular complexity index is 629. The second-order valence-electron chi connectivity index (χ2n) is 5.91. The molecule has 1 aliphatic heterocycles. The quantitative estimate of drug-likeness (QED) is 0.925. The molecule has 21 heavy (non-hydrogen) atoms. The molecule has 0 radical (unpaired) electrons. The van der Waals surface area contributed by atoms with Crippen LogP contribution in [0, 0.1) is 5.92 Å². The van der Waals surface area contributed by atoms with Gasteiger partial charge in [0.2, 0.25) is 10.0 Å². The van der Waals surface area contributed by atoms with Crippen molar-refractivity contribution in [1.29, 1.82) is 0 Å². The Morgan fingerprint density at radius 3 is 2.62 bits per heavy atom. The van der Waals surface area contributed by atoms with Crippen LogP contribution in [-0.2, 0) is 10.0 Å². The SMILES string of the molecule is Nc1ncc(S(=O)(=O)N2CCCC2C2CCCC2)cc1Cl. The average Bonchev–Trinajstić information content (AvgIpc) is 3.11. The molecule has 116 valence electrons. The first-order chi connectivity index (χ1) is 10.00. The lowest BCUT2D eigenvalue weighted by Gasteiger charge is -2.28. The minimum Gasteiger partial charge on any atom is -0.382 e. The number of pyridine rings is 1. The van der Waals surface area contributed by atoms with Crippen molar-refractivity contribution < 1.29 is 8.42 Å². The molecular formula is C14H20ClN3O2S. The van der Waals surface area contributed by atoms with Gasteiger partial charge in [-0.1, -0.05) is 24.4 Å². The van der Waals surface area contributed by atoms with Gasteiger partial charge in [0.05, 0.1) is 5.02 Å². The van der Waals surface area contributed by atoms with E-state index < -0.39 is 10.0 Å². The summed E-state index contributed by atoms with van der Waals surface area (Å²) in [4.78, 5) is 4.02. The number of hydrogen-bond acceptors (Lipinski definition) is 4. The van der Waals surface area contributed by atoms with Crippen molar-refractivity contribution in [2.45, 2.75) is 49.5 Å². The van der Waals surface area contributed by atoms with Gasteiger partial charge >= 0.3 is 0 Å². The van der Waals surface area contributed by atoms with Crippen molar-refractivity contribution in [1.82, 2.24) is 9.29 Å². The molecule has 0 bridgehead atoms. The van der Waals surface area contributed by atoms with Crippen LogP contribution in [0.15, 0.2) is 17.2 Å². The van der Waals surface area contributed by atoms with Crippen LogP contribution in [0.3, 0.4) is 0 Å². The zero-order valence-electron chi connectivity index (χ0n) is 11.8. The fourth-order valence-corrected chi connectivity index (χ4v) is 5.54. The summed E-state index contributed by atoms with van der Waals surface area (Å²) >= 11 is 5.92. The van der Waals surface area contributed by atoms with Crippen LogP contribution < -0.4 is 5.73 Å². The first-order valence-electron chi connectivity index (χ1n) is 7.43. The summed E-state index contributed by atoms with van der Waals surface area (Å²) in [6.45, 7) is 0.589. The van der Waals surface area contributed by atoms with Crippen molar-refractivity contribution in [2.75, 3.05) is 12.3 Å². The number of nitrogens with two attached hydrogens (primary N) is 1. The van der Waals surface area contributed by atoms with Gasteiger partial charge in [0.15, 0.2) is 0 Å². The zero-order valence-corrected chi connectivity index (χ0v) is 13.4. The topological polar surface area (TPSA) is 76.3 Å². The Balaban J connectivity index is 1.91. The highest BCUT2D eigenvalue weighted by molar-refractivity contribution is 7.89. The summed E-state index contributed by atoms with van der Waals surface area (Å²) in [7, 11) is -3.53. The Morgan fingerprint density at radius 2 is 1.95 bits per heavy atom. The Hall–Kier alpha value is -0.850. The molecule has 2 heterocycles. The van der Waals surface area contributed by atoms with Gasteiger partial charge in [-0.2, -0.15) is 4.31 Å². The Labute approximate surface area is 130 Å². The molecule has 5 nitrogen and oxygen atoms in total. The molecule has 3 rings (SSSR count). The molecule has 7 heteroatoms. The van der Waals surface area contributed by atoms with Gasteiger partial charge in [0, 0.05) is 18.8 Å². The monoisotopic (exact) mass is 329 g/mol. The highest BCUT2D eigenvalue weighted by atomic mass is 35.5. The molecule has 1 atom stereocenters. The molecule has 1 aromatic heterocycles. The van der Waals surface area contributed by atoms with E-state index in [1.165, 1.54) is 25.1 Å². The summed E-state index contributed by atoms with van der Waals surface area (Å²) < 4.78 is 27.4. The number of sulfonamides is 1. The number of hydrogen-bond donors (Lipinski definition) is 1. The second kappa shape index (κ2) is 5.74. The molecule has 2 aliphatic rings. The minimum absolute atomic E-state index is 0.133. The fraction of sp³-hybridized carbons (Fsp3) is 0.643. The number of rotatable bonds is 3. The van der Waals surface area contributed by atoms with E-state index in [-0.39, 0.29) is 21.8 Å². The maximum absolute atomic E-state index is 12.9. The maximum atomic E-state index is 12.9. The van der Waals surface area contributed by atoms with Crippen LogP contribution in [0.4, 0.5) is 5.82 Å². The summed E-state index contributed by atoms with van der Waals surface area (Å²) in [5, 5.41) is 0.188. The molecule has 0 aromatic carbocycles. The van der Waals surface area contributed by atoms with Crippen molar-refractivity contribution in [3.8, 4) is 0 Å². The molecule has 1 saturated heterocycles. The third-order valence-corrected chi connectivity index (χ3v) is 6.84. The largest absolute Gasteiger partial charge is 0.382 e. The van der Waals surface area contributed by atoms with Gasteiger partial charge in [0.25, 0.3) is 0 Å². The number of halogens is 1. The minimum atomic E-state index is -3.53. The number of aromatic nitrogens is 1. The van der Waals surface area contributed by atoms with Crippen LogP contribution in [0.25, 0.3) is 0 Å². The van der Waals surface area contributed by atoms with Crippen molar-refractivity contribution in [3.05, 3.63) is 17.3 Å². The molecule has 2 N–H and O–H groups in total. The number of nitrogens with zero attached hydrogens (tertiary/aromatic N) is 2. The van der Waals surface area contributed by atoms with Gasteiger partial charge in [-0.3, -0.25) is 0 Å². The van der Waals surface area contributed by atoms with Crippen molar-refractivity contribution >= 4 is 27.4 Å². The van der Waals surface area contributed by atoms with Gasteiger partial charge in [-0.25, -0.2) is 13.4 Å². The smallest absolute Gasteiger partial charge is 0.244 e. The summed E-state index contributed by atoms with van der Waals surface area (Å²) in [6.07, 6.45) is 7.89. The molecule has 1 aromatic rings. The van der Waals surface area contributed by atoms with E-state index in [2.05, 4.69) is 4.98 Å². The lowest BCUT2D eigenvalue weighted by Crippen LogP contribution is -2.39. The van der Waals surface area contributed by atoms with E-state index in [1.54, 1.807) is 4.31 Å². The van der Waals surface area contributed by atoms with Crippen LogP contribution in [0.2, 0.25) is 5.02 Å². The first kappa shape index (κ1) is 15.1. The second-order valence-corrected chi connectivity index (χ2v) is 8.21. The highest BCUT2D eigenvalue weighted by Crippen LogP contribution is 2.38. The van der Waals surface area contributed by atoms with E-state index in [1.807, 2.05) is 0 Å². The lowest BCUT2D eigenvalue weighted by atomic mass is 9.97.